The molecule has 16 heavy (non-hydrogen) atoms. The van der Waals surface area contributed by atoms with E-state index in [1.54, 1.807) is 12.1 Å². The van der Waals surface area contributed by atoms with Gasteiger partial charge in [-0.25, -0.2) is 0 Å². The molecule has 0 unspecified atom stereocenters. The number of nitrogens with one attached hydrogen (secondary N) is 1. The minimum absolute atomic E-state index is 0.111. The van der Waals surface area contributed by atoms with Crippen LogP contribution in [-0.4, -0.2) is 11.9 Å². The number of benzene rings is 1. The van der Waals surface area contributed by atoms with Crippen LogP contribution < -0.4 is 5.32 Å². The zero-order chi connectivity index (χ0) is 11.5. The first-order chi connectivity index (χ1) is 7.66. The van der Waals surface area contributed by atoms with E-state index in [-0.39, 0.29) is 11.9 Å². The van der Waals surface area contributed by atoms with E-state index >= 15 is 0 Å². The van der Waals surface area contributed by atoms with Crippen molar-refractivity contribution in [2.45, 2.75) is 18.9 Å². The van der Waals surface area contributed by atoms with Crippen LogP contribution in [0.5, 0.6) is 0 Å². The Labute approximate surface area is 108 Å². The number of carbonyl (C=O) groups is 1. The maximum absolute atomic E-state index is 11.9. The molecule has 4 heteroatoms. The normalized spacial score (nSPS) is 15.4. The van der Waals surface area contributed by atoms with Gasteiger partial charge in [0.25, 0.3) is 5.91 Å². The molecule has 0 radical (unpaired) electrons. The van der Waals surface area contributed by atoms with Gasteiger partial charge in [-0.2, -0.15) is 0 Å². The molecule has 1 amide bonds. The van der Waals surface area contributed by atoms with Gasteiger partial charge in [-0.05, 0) is 31.0 Å². The highest BCUT2D eigenvalue weighted by Crippen LogP contribution is 2.21. The summed E-state index contributed by atoms with van der Waals surface area (Å²) in [6, 6.07) is 5.48. The molecule has 0 aromatic heterocycles. The lowest BCUT2D eigenvalue weighted by Crippen LogP contribution is -2.32. The van der Waals surface area contributed by atoms with Crippen LogP contribution in [0.1, 0.15) is 23.2 Å². The van der Waals surface area contributed by atoms with Crippen molar-refractivity contribution < 1.29 is 4.79 Å². The second-order valence-electron chi connectivity index (χ2n) is 3.74. The van der Waals surface area contributed by atoms with Crippen molar-refractivity contribution in [3.63, 3.8) is 0 Å². The van der Waals surface area contributed by atoms with Gasteiger partial charge in [0.1, 0.15) is 0 Å². The zero-order valence-corrected chi connectivity index (χ0v) is 10.9. The van der Waals surface area contributed by atoms with Crippen LogP contribution in [-0.2, 0) is 0 Å². The highest BCUT2D eigenvalue weighted by molar-refractivity contribution is 9.10. The number of halogens is 2. The van der Waals surface area contributed by atoms with Crippen molar-refractivity contribution >= 4 is 33.4 Å². The average Bonchev–Trinajstić information content (AvgIpc) is 2.74. The zero-order valence-electron chi connectivity index (χ0n) is 8.54. The lowest BCUT2D eigenvalue weighted by molar-refractivity contribution is 0.0939. The number of hydrogen-bond donors (Lipinski definition) is 1. The van der Waals surface area contributed by atoms with Gasteiger partial charge in [0.15, 0.2) is 0 Å². The third-order valence-corrected chi connectivity index (χ3v) is 3.34. The maximum Gasteiger partial charge on any atom is 0.253 e. The van der Waals surface area contributed by atoms with E-state index in [0.29, 0.717) is 10.6 Å². The Kier molecular flexibility index (Phi) is 3.66. The largest absolute Gasteiger partial charge is 0.349 e. The van der Waals surface area contributed by atoms with E-state index < -0.39 is 0 Å². The summed E-state index contributed by atoms with van der Waals surface area (Å²) in [4.78, 5) is 11.9. The molecule has 1 aromatic carbocycles. The molecule has 0 aliphatic heterocycles. The first kappa shape index (κ1) is 11.7. The Hall–Kier alpha value is -0.800. The van der Waals surface area contributed by atoms with Crippen molar-refractivity contribution in [2.75, 3.05) is 0 Å². The van der Waals surface area contributed by atoms with E-state index in [0.717, 1.165) is 17.3 Å². The van der Waals surface area contributed by atoms with Gasteiger partial charge >= 0.3 is 0 Å². The molecule has 0 heterocycles. The summed E-state index contributed by atoms with van der Waals surface area (Å²) in [5, 5.41) is 3.43. The lowest BCUT2D eigenvalue weighted by Gasteiger charge is -2.12. The summed E-state index contributed by atoms with van der Waals surface area (Å²) in [5.41, 5.74) is 0.517. The lowest BCUT2D eigenvalue weighted by atomic mass is 10.1. The van der Waals surface area contributed by atoms with Crippen molar-refractivity contribution in [1.29, 1.82) is 0 Å². The molecular formula is C12H11BrClNO. The Morgan fingerprint density at radius 2 is 2.06 bits per heavy atom. The Morgan fingerprint density at radius 3 is 2.75 bits per heavy atom. The Morgan fingerprint density at radius 1 is 1.38 bits per heavy atom. The summed E-state index contributed by atoms with van der Waals surface area (Å²) >= 11 is 9.31. The van der Waals surface area contributed by atoms with Gasteiger partial charge in [0, 0.05) is 10.5 Å². The molecule has 0 spiro atoms. The van der Waals surface area contributed by atoms with Crippen molar-refractivity contribution in [3.8, 4) is 0 Å². The predicted molar refractivity (Wildman–Crippen MR) is 68.8 cm³/mol. The molecular weight excluding hydrogens is 289 g/mol. The number of hydrogen-bond acceptors (Lipinski definition) is 1. The highest BCUT2D eigenvalue weighted by Gasteiger charge is 2.16. The van der Waals surface area contributed by atoms with E-state index in [2.05, 4.69) is 33.4 Å². The summed E-state index contributed by atoms with van der Waals surface area (Å²) in [6.07, 6.45) is 5.95. The van der Waals surface area contributed by atoms with Crippen LogP contribution in [0.4, 0.5) is 0 Å². The Balaban J connectivity index is 2.10. The van der Waals surface area contributed by atoms with Crippen molar-refractivity contribution in [3.05, 3.63) is 45.4 Å². The van der Waals surface area contributed by atoms with E-state index in [1.807, 2.05) is 6.07 Å². The molecule has 1 N–H and O–H groups in total. The second kappa shape index (κ2) is 5.02. The molecule has 0 atom stereocenters. The molecule has 2 rings (SSSR count). The fraction of sp³-hybridized carbons (Fsp3) is 0.250. The summed E-state index contributed by atoms with van der Waals surface area (Å²) in [7, 11) is 0. The number of carbonyl (C=O) groups excluding carboxylic acids is 1. The predicted octanol–water partition coefficient (Wildman–Crippen LogP) is 3.55. The van der Waals surface area contributed by atoms with Crippen molar-refractivity contribution in [2.24, 2.45) is 0 Å². The van der Waals surface area contributed by atoms with Gasteiger partial charge in [-0.3, -0.25) is 4.79 Å². The van der Waals surface area contributed by atoms with E-state index in [1.165, 1.54) is 0 Å². The van der Waals surface area contributed by atoms with Gasteiger partial charge in [-0.15, -0.1) is 0 Å². The molecule has 0 bridgehead atoms. The Bertz CT molecular complexity index is 437. The van der Waals surface area contributed by atoms with Crippen molar-refractivity contribution in [1.82, 2.24) is 5.32 Å². The molecule has 0 saturated heterocycles. The molecule has 84 valence electrons. The molecule has 2 nitrogen and oxygen atoms in total. The second-order valence-corrected chi connectivity index (χ2v) is 5.06. The standard InChI is InChI=1S/C12H11BrClNO/c13-8-5-6-11(14)10(7-8)12(16)15-9-3-1-2-4-9/h1-2,5-7,9H,3-4H2,(H,15,16). The van der Waals surface area contributed by atoms with E-state index in [9.17, 15) is 4.79 Å². The van der Waals surface area contributed by atoms with Gasteiger partial charge in [0.2, 0.25) is 0 Å². The summed E-state index contributed by atoms with van der Waals surface area (Å²) in [5.74, 6) is -0.111. The molecule has 0 saturated carbocycles. The minimum Gasteiger partial charge on any atom is -0.349 e. The summed E-state index contributed by atoms with van der Waals surface area (Å²) < 4.78 is 0.853. The third kappa shape index (κ3) is 2.66. The third-order valence-electron chi connectivity index (χ3n) is 2.52. The maximum atomic E-state index is 11.9. The van der Waals surface area contributed by atoms with Crippen LogP contribution in [0, 0.1) is 0 Å². The summed E-state index contributed by atoms with van der Waals surface area (Å²) in [6.45, 7) is 0. The smallest absolute Gasteiger partial charge is 0.253 e. The monoisotopic (exact) mass is 299 g/mol. The average molecular weight is 301 g/mol. The van der Waals surface area contributed by atoms with Gasteiger partial charge in [-0.1, -0.05) is 39.7 Å². The van der Waals surface area contributed by atoms with Gasteiger partial charge in [0.05, 0.1) is 10.6 Å². The quantitative estimate of drug-likeness (QED) is 0.832. The van der Waals surface area contributed by atoms with E-state index in [4.69, 9.17) is 11.6 Å². The van der Waals surface area contributed by atoms with Crippen LogP contribution in [0.25, 0.3) is 0 Å². The van der Waals surface area contributed by atoms with Crippen LogP contribution >= 0.6 is 27.5 Å². The number of amides is 1. The topological polar surface area (TPSA) is 29.1 Å². The fourth-order valence-electron chi connectivity index (χ4n) is 1.67. The molecule has 1 aromatic rings. The van der Waals surface area contributed by atoms with Crippen LogP contribution in [0.2, 0.25) is 5.02 Å². The number of rotatable bonds is 2. The SMILES string of the molecule is O=C(NC1CC=CC1)c1cc(Br)ccc1Cl. The molecule has 1 aliphatic carbocycles. The fourth-order valence-corrected chi connectivity index (χ4v) is 2.23. The minimum atomic E-state index is -0.111. The molecule has 1 aliphatic rings. The highest BCUT2D eigenvalue weighted by atomic mass is 79.9. The van der Waals surface area contributed by atoms with Gasteiger partial charge < -0.3 is 5.32 Å². The van der Waals surface area contributed by atoms with Crippen LogP contribution in [0.15, 0.2) is 34.8 Å². The first-order valence-electron chi connectivity index (χ1n) is 5.08. The molecule has 0 fully saturated rings. The van der Waals surface area contributed by atoms with Crippen LogP contribution in [0.3, 0.4) is 0 Å². The first-order valence-corrected chi connectivity index (χ1v) is 6.25.